The molecule has 1 fully saturated rings. The van der Waals surface area contributed by atoms with Crippen molar-refractivity contribution in [3.63, 3.8) is 0 Å². The molecule has 3 heterocycles. The molecule has 39 heavy (non-hydrogen) atoms. The Hall–Kier alpha value is -4.06. The molecule has 202 valence electrons. The number of hydrogen-bond acceptors (Lipinski definition) is 8. The highest BCUT2D eigenvalue weighted by molar-refractivity contribution is 6.38. The minimum Gasteiger partial charge on any atom is -0.477 e. The summed E-state index contributed by atoms with van der Waals surface area (Å²) in [6, 6.07) is 10.1. The fourth-order valence-corrected chi connectivity index (χ4v) is 5.12. The van der Waals surface area contributed by atoms with Crippen LogP contribution in [0.2, 0.25) is 5.02 Å². The number of hydroxylamine groups is 2. The van der Waals surface area contributed by atoms with Crippen molar-refractivity contribution in [3.8, 4) is 5.69 Å². The van der Waals surface area contributed by atoms with Gasteiger partial charge >= 0.3 is 5.97 Å². The van der Waals surface area contributed by atoms with E-state index in [0.717, 1.165) is 11.6 Å². The molecule has 0 radical (unpaired) electrons. The lowest BCUT2D eigenvalue weighted by atomic mass is 10.1. The van der Waals surface area contributed by atoms with Gasteiger partial charge in [0.1, 0.15) is 11.4 Å². The third-order valence-electron chi connectivity index (χ3n) is 6.75. The molecule has 2 aromatic heterocycles. The second-order valence-electron chi connectivity index (χ2n) is 9.12. The molecular formula is C27H26ClFN6O4. The summed E-state index contributed by atoms with van der Waals surface area (Å²) >= 11 is 6.86. The monoisotopic (exact) mass is 552 g/mol. The van der Waals surface area contributed by atoms with Crippen molar-refractivity contribution < 1.29 is 19.1 Å². The number of fused-ring (bicyclic) bond motifs is 1. The average Bonchev–Trinajstić information content (AvgIpc) is 2.94. The maximum Gasteiger partial charge on any atom is 0.341 e. The molecule has 1 saturated heterocycles. The van der Waals surface area contributed by atoms with Gasteiger partial charge in [-0.25, -0.2) is 19.2 Å². The molecule has 0 amide bonds. The van der Waals surface area contributed by atoms with Crippen LogP contribution in [0.15, 0.2) is 59.8 Å². The number of anilines is 2. The van der Waals surface area contributed by atoms with Crippen LogP contribution in [0.1, 0.15) is 15.9 Å². The van der Waals surface area contributed by atoms with Gasteiger partial charge < -0.3 is 24.3 Å². The molecular weight excluding hydrogens is 527 g/mol. The van der Waals surface area contributed by atoms with Gasteiger partial charge in [0.05, 0.1) is 28.7 Å². The van der Waals surface area contributed by atoms with Crippen LogP contribution in [0.5, 0.6) is 0 Å². The van der Waals surface area contributed by atoms with E-state index in [1.807, 2.05) is 21.9 Å². The van der Waals surface area contributed by atoms with Crippen LogP contribution < -0.4 is 15.2 Å². The van der Waals surface area contributed by atoms with Gasteiger partial charge in [-0.1, -0.05) is 23.7 Å². The molecule has 0 unspecified atom stereocenters. The predicted octanol–water partition coefficient (Wildman–Crippen LogP) is 3.59. The largest absolute Gasteiger partial charge is 0.477 e. The van der Waals surface area contributed by atoms with E-state index < -0.39 is 22.8 Å². The highest BCUT2D eigenvalue weighted by Crippen LogP contribution is 2.37. The quantitative estimate of drug-likeness (QED) is 0.344. The number of carboxylic acid groups (broad SMARTS) is 1. The Bertz CT molecular complexity index is 1570. The van der Waals surface area contributed by atoms with Gasteiger partial charge in [-0.2, -0.15) is 5.06 Å². The van der Waals surface area contributed by atoms with Crippen LogP contribution in [-0.4, -0.2) is 71.0 Å². The van der Waals surface area contributed by atoms with Crippen LogP contribution in [-0.2, 0) is 11.4 Å². The average molecular weight is 553 g/mol. The number of carboxylic acids is 1. The minimum absolute atomic E-state index is 0.0339. The molecule has 12 heteroatoms. The van der Waals surface area contributed by atoms with Gasteiger partial charge in [-0.05, 0) is 29.8 Å². The number of nitrogens with zero attached hydrogens (tertiary/aromatic N) is 6. The van der Waals surface area contributed by atoms with E-state index in [4.69, 9.17) is 16.4 Å². The van der Waals surface area contributed by atoms with Gasteiger partial charge in [0.15, 0.2) is 0 Å². The summed E-state index contributed by atoms with van der Waals surface area (Å²) in [6.07, 6.45) is 4.57. The first-order valence-corrected chi connectivity index (χ1v) is 12.6. The second kappa shape index (κ2) is 11.0. The smallest absolute Gasteiger partial charge is 0.341 e. The standard InChI is InChI=1S/C27H26ClFN6O4/c1-32(39-2)15-17-4-6-18(7-5-17)35-16-20(26(37)38)25(36)19-14-21(29)24(22(28)23(19)35)33-10-12-34(13-11-33)27-30-8-3-9-31-27/h3-9,14,16H,10-13,15H2,1-2H3,(H,37,38). The Balaban J connectivity index is 1.59. The van der Waals surface area contributed by atoms with Gasteiger partial charge in [0, 0.05) is 64.0 Å². The third kappa shape index (κ3) is 5.16. The first-order valence-electron chi connectivity index (χ1n) is 12.2. The van der Waals surface area contributed by atoms with E-state index in [1.54, 1.807) is 49.8 Å². The van der Waals surface area contributed by atoms with Crippen molar-refractivity contribution in [2.24, 2.45) is 0 Å². The van der Waals surface area contributed by atoms with Crippen LogP contribution in [0.25, 0.3) is 16.6 Å². The first-order chi connectivity index (χ1) is 18.8. The Labute approximate surface area is 228 Å². The molecule has 0 saturated carbocycles. The molecule has 10 nitrogen and oxygen atoms in total. The summed E-state index contributed by atoms with van der Waals surface area (Å²) in [4.78, 5) is 42.5. The van der Waals surface area contributed by atoms with Crippen molar-refractivity contribution in [1.29, 1.82) is 0 Å². The number of rotatable bonds is 7. The SMILES string of the molecule is CON(C)Cc1ccc(-n2cc(C(=O)O)c(=O)c3cc(F)c(N4CCN(c5ncccn5)CC4)c(Cl)c32)cc1. The van der Waals surface area contributed by atoms with Crippen molar-refractivity contribution in [1.82, 2.24) is 19.6 Å². The molecule has 5 rings (SSSR count). The van der Waals surface area contributed by atoms with Crippen LogP contribution in [0, 0.1) is 5.82 Å². The number of benzene rings is 2. The summed E-state index contributed by atoms with van der Waals surface area (Å²) < 4.78 is 17.1. The Kier molecular flexibility index (Phi) is 7.47. The zero-order chi connectivity index (χ0) is 27.7. The Morgan fingerprint density at radius 3 is 2.38 bits per heavy atom. The normalized spacial score (nSPS) is 13.9. The predicted molar refractivity (Wildman–Crippen MR) is 146 cm³/mol. The Morgan fingerprint density at radius 2 is 1.77 bits per heavy atom. The molecule has 2 aromatic carbocycles. The van der Waals surface area contributed by atoms with Gasteiger partial charge in [0.25, 0.3) is 0 Å². The summed E-state index contributed by atoms with van der Waals surface area (Å²) in [6.45, 7) is 2.50. The number of aromatic nitrogens is 3. The number of hydrogen-bond donors (Lipinski definition) is 1. The van der Waals surface area contributed by atoms with E-state index in [1.165, 1.54) is 10.8 Å². The summed E-state index contributed by atoms with van der Waals surface area (Å²) in [5.41, 5.74) is 0.628. The van der Waals surface area contributed by atoms with E-state index in [-0.39, 0.29) is 21.6 Å². The molecule has 0 aliphatic carbocycles. The van der Waals surface area contributed by atoms with Crippen molar-refractivity contribution in [3.05, 3.63) is 87.2 Å². The summed E-state index contributed by atoms with van der Waals surface area (Å²) in [5, 5.41) is 11.3. The maximum atomic E-state index is 15.6. The number of pyridine rings is 1. The van der Waals surface area contributed by atoms with Crippen molar-refractivity contribution >= 4 is 40.1 Å². The second-order valence-corrected chi connectivity index (χ2v) is 9.50. The molecule has 0 spiro atoms. The number of piperazine rings is 1. The first kappa shape index (κ1) is 26.5. The van der Waals surface area contributed by atoms with Crippen molar-refractivity contribution in [2.75, 3.05) is 50.1 Å². The number of halogens is 2. The fourth-order valence-electron chi connectivity index (χ4n) is 4.72. The van der Waals surface area contributed by atoms with E-state index in [9.17, 15) is 14.7 Å². The molecule has 4 aromatic rings. The zero-order valence-corrected chi connectivity index (χ0v) is 22.1. The molecule has 1 aliphatic heterocycles. The minimum atomic E-state index is -1.41. The number of aromatic carboxylic acids is 1. The lowest BCUT2D eigenvalue weighted by Crippen LogP contribution is -2.47. The fraction of sp³-hybridized carbons (Fsp3) is 0.259. The Morgan fingerprint density at radius 1 is 1.13 bits per heavy atom. The zero-order valence-electron chi connectivity index (χ0n) is 21.3. The maximum absolute atomic E-state index is 15.6. The third-order valence-corrected chi connectivity index (χ3v) is 7.11. The van der Waals surface area contributed by atoms with Gasteiger partial charge in [0.2, 0.25) is 11.4 Å². The molecule has 1 aliphatic rings. The highest BCUT2D eigenvalue weighted by atomic mass is 35.5. The van der Waals surface area contributed by atoms with E-state index in [2.05, 4.69) is 9.97 Å². The molecule has 0 bridgehead atoms. The number of carbonyl (C=O) groups is 1. The highest BCUT2D eigenvalue weighted by Gasteiger charge is 2.27. The molecule has 0 atom stereocenters. The van der Waals surface area contributed by atoms with E-state index >= 15 is 4.39 Å². The van der Waals surface area contributed by atoms with Crippen LogP contribution in [0.4, 0.5) is 16.0 Å². The van der Waals surface area contributed by atoms with Gasteiger partial charge in [-0.15, -0.1) is 0 Å². The lowest BCUT2D eigenvalue weighted by molar-refractivity contribution is -0.116. The summed E-state index contributed by atoms with van der Waals surface area (Å²) in [7, 11) is 3.37. The van der Waals surface area contributed by atoms with Crippen LogP contribution >= 0.6 is 11.6 Å². The van der Waals surface area contributed by atoms with Crippen LogP contribution in [0.3, 0.4) is 0 Å². The lowest BCUT2D eigenvalue weighted by Gasteiger charge is -2.36. The topological polar surface area (TPSA) is 104 Å². The van der Waals surface area contributed by atoms with Crippen molar-refractivity contribution in [2.45, 2.75) is 6.54 Å². The summed E-state index contributed by atoms with van der Waals surface area (Å²) in [5.74, 6) is -1.51. The molecule has 1 N–H and O–H groups in total. The van der Waals surface area contributed by atoms with E-state index in [0.29, 0.717) is 44.4 Å². The van der Waals surface area contributed by atoms with Gasteiger partial charge in [-0.3, -0.25) is 4.79 Å².